The Bertz CT molecular complexity index is 1120. The summed E-state index contributed by atoms with van der Waals surface area (Å²) in [5.74, 6) is 0.221. The molecular weight excluding hydrogens is 400 g/mol. The maximum Gasteiger partial charge on any atom is 0.294 e. The number of carbonyl (C=O) groups excluding carboxylic acids is 1. The quantitative estimate of drug-likeness (QED) is 0.419. The van der Waals surface area contributed by atoms with E-state index in [9.17, 15) is 14.9 Å². The highest BCUT2D eigenvalue weighted by molar-refractivity contribution is 7.07. The molecule has 3 aromatic rings. The first-order valence-electron chi connectivity index (χ1n) is 9.93. The van der Waals surface area contributed by atoms with E-state index >= 15 is 0 Å². The Morgan fingerprint density at radius 2 is 1.83 bits per heavy atom. The van der Waals surface area contributed by atoms with Crippen molar-refractivity contribution in [3.05, 3.63) is 74.9 Å². The number of hydrogen-bond acceptors (Lipinski definition) is 5. The van der Waals surface area contributed by atoms with Crippen LogP contribution in [0.4, 0.5) is 11.4 Å². The second-order valence-corrected chi connectivity index (χ2v) is 7.95. The van der Waals surface area contributed by atoms with E-state index in [0.717, 1.165) is 30.6 Å². The van der Waals surface area contributed by atoms with Gasteiger partial charge in [0.25, 0.3) is 5.69 Å². The van der Waals surface area contributed by atoms with Crippen LogP contribution in [0.3, 0.4) is 0 Å². The van der Waals surface area contributed by atoms with E-state index in [2.05, 4.69) is 9.56 Å². The molecule has 1 amide bonds. The molecule has 30 heavy (non-hydrogen) atoms. The first-order valence-corrected chi connectivity index (χ1v) is 10.8. The zero-order chi connectivity index (χ0) is 20.9. The fourth-order valence-corrected chi connectivity index (χ4v) is 4.60. The van der Waals surface area contributed by atoms with Crippen LogP contribution >= 0.6 is 11.3 Å². The third kappa shape index (κ3) is 4.33. The van der Waals surface area contributed by atoms with Crippen molar-refractivity contribution in [2.45, 2.75) is 25.8 Å². The lowest BCUT2D eigenvalue weighted by atomic mass is 10.2. The normalized spacial score (nSPS) is 14.5. The summed E-state index contributed by atoms with van der Waals surface area (Å²) < 4.78 is 2.09. The highest BCUT2D eigenvalue weighted by atomic mass is 32.1. The van der Waals surface area contributed by atoms with E-state index in [1.165, 1.54) is 17.4 Å². The highest BCUT2D eigenvalue weighted by Crippen LogP contribution is 2.27. The monoisotopic (exact) mass is 422 g/mol. The molecule has 0 unspecified atom stereocenters. The number of aromatic nitrogens is 1. The summed E-state index contributed by atoms with van der Waals surface area (Å²) in [5, 5.41) is 13.4. The molecule has 1 aliphatic heterocycles. The molecule has 0 aliphatic carbocycles. The van der Waals surface area contributed by atoms with Gasteiger partial charge in [-0.15, -0.1) is 11.3 Å². The van der Waals surface area contributed by atoms with Gasteiger partial charge in [-0.2, -0.15) is 0 Å². The second-order valence-electron chi connectivity index (χ2n) is 7.12. The van der Waals surface area contributed by atoms with Crippen molar-refractivity contribution in [2.24, 2.45) is 4.99 Å². The molecule has 154 valence electrons. The lowest BCUT2D eigenvalue weighted by Crippen LogP contribution is -2.27. The first-order chi connectivity index (χ1) is 14.6. The van der Waals surface area contributed by atoms with Crippen molar-refractivity contribution in [3.8, 4) is 11.3 Å². The largest absolute Gasteiger partial charge is 0.343 e. The molecule has 0 radical (unpaired) electrons. The van der Waals surface area contributed by atoms with E-state index in [4.69, 9.17) is 0 Å². The van der Waals surface area contributed by atoms with Gasteiger partial charge in [-0.25, -0.2) is 4.99 Å². The van der Waals surface area contributed by atoms with Gasteiger partial charge < -0.3 is 9.47 Å². The Labute approximate surface area is 178 Å². The number of likely N-dealkylation sites (tertiary alicyclic amines) is 1. The van der Waals surface area contributed by atoms with E-state index in [-0.39, 0.29) is 11.6 Å². The fraction of sp³-hybridized carbons (Fsp3) is 0.273. The maximum atomic E-state index is 11.9. The van der Waals surface area contributed by atoms with Crippen molar-refractivity contribution in [1.29, 1.82) is 0 Å². The highest BCUT2D eigenvalue weighted by Gasteiger charge is 2.19. The SMILES string of the molecule is O=C1CCCN1CCCn1c(-c2ccccc2)csc1=Nc1ccccc1[N+](=O)[O-]. The average molecular weight is 423 g/mol. The molecule has 1 aliphatic rings. The number of nitro groups is 1. The van der Waals surface area contributed by atoms with Gasteiger partial charge in [0.05, 0.1) is 10.6 Å². The smallest absolute Gasteiger partial charge is 0.294 e. The second kappa shape index (κ2) is 9.04. The molecule has 2 heterocycles. The van der Waals surface area contributed by atoms with Gasteiger partial charge >= 0.3 is 0 Å². The van der Waals surface area contributed by atoms with Crippen molar-refractivity contribution in [2.75, 3.05) is 13.1 Å². The molecule has 8 heteroatoms. The molecule has 1 saturated heterocycles. The van der Waals surface area contributed by atoms with E-state index in [1.807, 2.05) is 40.6 Å². The topological polar surface area (TPSA) is 80.7 Å². The number of carbonyl (C=O) groups is 1. The first kappa shape index (κ1) is 20.0. The molecule has 2 aromatic carbocycles. The minimum Gasteiger partial charge on any atom is -0.343 e. The van der Waals surface area contributed by atoms with Crippen LogP contribution < -0.4 is 4.80 Å². The molecule has 0 saturated carbocycles. The molecule has 0 N–H and O–H groups in total. The van der Waals surface area contributed by atoms with E-state index < -0.39 is 4.92 Å². The predicted octanol–water partition coefficient (Wildman–Crippen LogP) is 4.37. The van der Waals surface area contributed by atoms with Crippen LogP contribution in [0.15, 0.2) is 65.0 Å². The van der Waals surface area contributed by atoms with Crippen LogP contribution in [-0.2, 0) is 11.3 Å². The summed E-state index contributed by atoms with van der Waals surface area (Å²) in [6, 6.07) is 16.5. The van der Waals surface area contributed by atoms with Gasteiger partial charge in [0.15, 0.2) is 4.80 Å². The zero-order valence-electron chi connectivity index (χ0n) is 16.4. The molecule has 4 rings (SSSR count). The van der Waals surface area contributed by atoms with Crippen LogP contribution in [0.25, 0.3) is 11.3 Å². The van der Waals surface area contributed by atoms with Crippen LogP contribution in [0.2, 0.25) is 0 Å². The van der Waals surface area contributed by atoms with Crippen LogP contribution in [-0.4, -0.2) is 33.4 Å². The molecule has 0 bridgehead atoms. The lowest BCUT2D eigenvalue weighted by Gasteiger charge is -2.16. The fourth-order valence-electron chi connectivity index (χ4n) is 3.65. The van der Waals surface area contributed by atoms with Gasteiger partial charge in [0.1, 0.15) is 5.69 Å². The third-order valence-electron chi connectivity index (χ3n) is 5.14. The maximum absolute atomic E-state index is 11.9. The van der Waals surface area contributed by atoms with Gasteiger partial charge in [-0.1, -0.05) is 42.5 Å². The number of amides is 1. The van der Waals surface area contributed by atoms with Crippen molar-refractivity contribution >= 4 is 28.6 Å². The number of nitro benzene ring substituents is 1. The Morgan fingerprint density at radius 3 is 2.57 bits per heavy atom. The summed E-state index contributed by atoms with van der Waals surface area (Å²) in [5.41, 5.74) is 2.41. The van der Waals surface area contributed by atoms with Crippen molar-refractivity contribution < 1.29 is 9.72 Å². The molecule has 1 fully saturated rings. The van der Waals surface area contributed by atoms with Crippen LogP contribution in [0, 0.1) is 10.1 Å². The summed E-state index contributed by atoms with van der Waals surface area (Å²) in [7, 11) is 0. The summed E-state index contributed by atoms with van der Waals surface area (Å²) in [4.78, 5) is 30.1. The van der Waals surface area contributed by atoms with Gasteiger partial charge in [-0.3, -0.25) is 14.9 Å². The van der Waals surface area contributed by atoms with E-state index in [1.54, 1.807) is 18.2 Å². The summed E-state index contributed by atoms with van der Waals surface area (Å²) in [6.45, 7) is 2.21. The van der Waals surface area contributed by atoms with Crippen molar-refractivity contribution in [3.63, 3.8) is 0 Å². The number of rotatable bonds is 7. The molecule has 1 aromatic heterocycles. The minimum absolute atomic E-state index is 0.0126. The van der Waals surface area contributed by atoms with Crippen molar-refractivity contribution in [1.82, 2.24) is 9.47 Å². The third-order valence-corrected chi connectivity index (χ3v) is 6.01. The van der Waals surface area contributed by atoms with Gasteiger partial charge in [0, 0.05) is 37.5 Å². The number of benzene rings is 2. The minimum atomic E-state index is -0.409. The Morgan fingerprint density at radius 1 is 1.07 bits per heavy atom. The number of para-hydroxylation sites is 2. The lowest BCUT2D eigenvalue weighted by molar-refractivity contribution is -0.384. The Kier molecular flexibility index (Phi) is 6.04. The number of hydrogen-bond donors (Lipinski definition) is 0. The molecular formula is C22H22N4O3S. The molecule has 0 spiro atoms. The predicted molar refractivity (Wildman–Crippen MR) is 116 cm³/mol. The number of thiazole rings is 1. The van der Waals surface area contributed by atoms with Crippen LogP contribution in [0.1, 0.15) is 19.3 Å². The average Bonchev–Trinajstić information content (AvgIpc) is 3.35. The van der Waals surface area contributed by atoms with E-state index in [0.29, 0.717) is 30.0 Å². The Hall–Kier alpha value is -3.26. The summed E-state index contributed by atoms with van der Waals surface area (Å²) >= 11 is 1.46. The number of nitrogens with zero attached hydrogens (tertiary/aromatic N) is 4. The van der Waals surface area contributed by atoms with Crippen LogP contribution in [0.5, 0.6) is 0 Å². The standard InChI is InChI=1S/C22H22N4O3S/c27-21-12-6-13-24(21)14-7-15-25-20(17-8-2-1-3-9-17)16-30-22(25)23-18-10-4-5-11-19(18)26(28)29/h1-5,8-11,16H,6-7,12-15H2. The molecule has 7 nitrogen and oxygen atoms in total. The zero-order valence-corrected chi connectivity index (χ0v) is 17.3. The Balaban J connectivity index is 1.69. The van der Waals surface area contributed by atoms with Gasteiger partial charge in [-0.05, 0) is 24.5 Å². The summed E-state index contributed by atoms with van der Waals surface area (Å²) in [6.07, 6.45) is 2.36. The molecule has 0 atom stereocenters. The van der Waals surface area contributed by atoms with Gasteiger partial charge in [0.2, 0.25) is 5.91 Å².